The molecule has 2 aromatic rings. The van der Waals surface area contributed by atoms with E-state index in [9.17, 15) is 4.79 Å². The van der Waals surface area contributed by atoms with Gasteiger partial charge in [-0.3, -0.25) is 4.57 Å². The maximum atomic E-state index is 11.6. The highest BCUT2D eigenvalue weighted by Gasteiger charge is 2.16. The molecule has 0 aliphatic carbocycles. The summed E-state index contributed by atoms with van der Waals surface area (Å²) in [5.41, 5.74) is 2.09. The topological polar surface area (TPSA) is 65.5 Å². The third kappa shape index (κ3) is 1.76. The van der Waals surface area contributed by atoms with E-state index in [4.69, 9.17) is 15.5 Å². The zero-order valence-electron chi connectivity index (χ0n) is 9.77. The molecule has 0 aromatic carbocycles. The maximum Gasteiger partial charge on any atom is 0.406 e. The van der Waals surface area contributed by atoms with Crippen LogP contribution < -0.4 is 5.76 Å². The minimum Gasteiger partial charge on any atom is -0.434 e. The van der Waals surface area contributed by atoms with Gasteiger partial charge in [0.15, 0.2) is 0 Å². The van der Waals surface area contributed by atoms with Crippen LogP contribution in [0.25, 0.3) is 4.85 Å². The van der Waals surface area contributed by atoms with Crippen molar-refractivity contribution in [2.45, 2.75) is 27.3 Å². The highest BCUT2D eigenvalue weighted by Crippen LogP contribution is 2.19. The molecule has 2 rings (SSSR count). The first-order valence-corrected chi connectivity index (χ1v) is 5.04. The highest BCUT2D eigenvalue weighted by atomic mass is 16.5. The quantitative estimate of drug-likeness (QED) is 0.743. The number of aromatic nitrogens is 2. The second kappa shape index (κ2) is 3.94. The normalized spacial score (nSPS) is 10.5. The van der Waals surface area contributed by atoms with Gasteiger partial charge in [-0.1, -0.05) is 5.16 Å². The molecule has 0 fully saturated rings. The summed E-state index contributed by atoms with van der Waals surface area (Å²) in [6.45, 7) is 12.5. The Labute approximate surface area is 97.3 Å². The van der Waals surface area contributed by atoms with Crippen LogP contribution in [0.5, 0.6) is 0 Å². The molecular formula is C11H11N3O3. The number of nitrogens with zero attached hydrogens (tertiary/aromatic N) is 3. The van der Waals surface area contributed by atoms with Crippen LogP contribution in [0.4, 0.5) is 5.88 Å². The van der Waals surface area contributed by atoms with Crippen molar-refractivity contribution in [1.82, 2.24) is 9.72 Å². The van der Waals surface area contributed by atoms with Crippen molar-refractivity contribution in [3.8, 4) is 0 Å². The number of aryl methyl sites for hydroxylation is 2. The second-order valence-electron chi connectivity index (χ2n) is 3.76. The van der Waals surface area contributed by atoms with Crippen LogP contribution in [0.2, 0.25) is 0 Å². The third-order valence-corrected chi connectivity index (χ3v) is 2.72. The lowest BCUT2D eigenvalue weighted by Gasteiger charge is -2.02. The lowest BCUT2D eigenvalue weighted by Crippen LogP contribution is -2.17. The van der Waals surface area contributed by atoms with E-state index < -0.39 is 5.76 Å². The Bertz CT molecular complexity index is 635. The molecule has 0 N–H and O–H groups in total. The first-order valence-electron chi connectivity index (χ1n) is 5.04. The highest BCUT2D eigenvalue weighted by molar-refractivity contribution is 5.37. The van der Waals surface area contributed by atoms with Crippen molar-refractivity contribution in [2.75, 3.05) is 0 Å². The van der Waals surface area contributed by atoms with Crippen molar-refractivity contribution >= 4 is 5.88 Å². The van der Waals surface area contributed by atoms with Crippen LogP contribution in [0.3, 0.4) is 0 Å². The zero-order valence-corrected chi connectivity index (χ0v) is 9.77. The summed E-state index contributed by atoms with van der Waals surface area (Å²) < 4.78 is 11.3. The Hall–Kier alpha value is -2.29. The molecule has 17 heavy (non-hydrogen) atoms. The largest absolute Gasteiger partial charge is 0.434 e. The fourth-order valence-corrected chi connectivity index (χ4v) is 1.64. The van der Waals surface area contributed by atoms with E-state index in [1.807, 2.05) is 6.92 Å². The van der Waals surface area contributed by atoms with Crippen LogP contribution >= 0.6 is 0 Å². The van der Waals surface area contributed by atoms with Crippen molar-refractivity contribution in [2.24, 2.45) is 0 Å². The Morgan fingerprint density at radius 2 is 2.12 bits per heavy atom. The van der Waals surface area contributed by atoms with E-state index in [0.717, 1.165) is 11.3 Å². The molecular weight excluding hydrogens is 222 g/mol. The number of hydrogen-bond acceptors (Lipinski definition) is 4. The van der Waals surface area contributed by atoms with E-state index in [0.29, 0.717) is 18.0 Å². The van der Waals surface area contributed by atoms with E-state index in [2.05, 4.69) is 10.0 Å². The fourth-order valence-electron chi connectivity index (χ4n) is 1.64. The lowest BCUT2D eigenvalue weighted by atomic mass is 10.2. The van der Waals surface area contributed by atoms with Gasteiger partial charge in [-0.2, -0.15) is 4.85 Å². The average molecular weight is 233 g/mol. The number of rotatable bonds is 2. The predicted octanol–water partition coefficient (Wildman–Crippen LogP) is 1.95. The Morgan fingerprint density at radius 1 is 1.41 bits per heavy atom. The van der Waals surface area contributed by atoms with Crippen LogP contribution in [0.15, 0.2) is 13.7 Å². The summed E-state index contributed by atoms with van der Waals surface area (Å²) in [5, 5.41) is 3.82. The summed E-state index contributed by atoms with van der Waals surface area (Å²) in [6, 6.07) is 0. The lowest BCUT2D eigenvalue weighted by molar-refractivity contribution is 0.391. The van der Waals surface area contributed by atoms with Gasteiger partial charge in [0, 0.05) is 5.56 Å². The van der Waals surface area contributed by atoms with Crippen LogP contribution in [0.1, 0.15) is 22.7 Å². The van der Waals surface area contributed by atoms with Crippen molar-refractivity contribution in [3.05, 3.63) is 44.7 Å². The van der Waals surface area contributed by atoms with Gasteiger partial charge in [-0.15, -0.1) is 0 Å². The minimum absolute atomic E-state index is 0.0294. The molecule has 0 atom stereocenters. The van der Waals surface area contributed by atoms with Gasteiger partial charge in [-0.05, 0) is 20.8 Å². The molecule has 88 valence electrons. The third-order valence-electron chi connectivity index (χ3n) is 2.72. The van der Waals surface area contributed by atoms with Gasteiger partial charge >= 0.3 is 11.6 Å². The molecule has 2 aromatic heterocycles. The molecule has 0 aliphatic rings. The molecule has 2 heterocycles. The van der Waals surface area contributed by atoms with Crippen molar-refractivity contribution < 1.29 is 8.94 Å². The molecule has 0 saturated carbocycles. The van der Waals surface area contributed by atoms with Crippen LogP contribution in [-0.4, -0.2) is 9.72 Å². The molecule has 6 heteroatoms. The molecule has 0 unspecified atom stereocenters. The fraction of sp³-hybridized carbons (Fsp3) is 0.364. The monoisotopic (exact) mass is 233 g/mol. The molecule has 0 aliphatic heterocycles. The van der Waals surface area contributed by atoms with Crippen molar-refractivity contribution in [1.29, 1.82) is 0 Å². The van der Waals surface area contributed by atoms with E-state index in [1.54, 1.807) is 13.8 Å². The first kappa shape index (κ1) is 11.2. The van der Waals surface area contributed by atoms with Gasteiger partial charge in [0.2, 0.25) is 0 Å². The molecule has 6 nitrogen and oxygen atoms in total. The molecule has 0 radical (unpaired) electrons. The predicted molar refractivity (Wildman–Crippen MR) is 59.0 cm³/mol. The molecule has 0 bridgehead atoms. The number of hydrogen-bond donors (Lipinski definition) is 0. The molecule has 0 saturated heterocycles. The smallest absolute Gasteiger partial charge is 0.406 e. The molecule has 0 amide bonds. The standard InChI is InChI=1S/C11H11N3O3/c1-6-9(8(3)17-13-6)5-14-7(2)10(12-4)16-11(14)15/h5H2,1-3H3. The maximum absolute atomic E-state index is 11.6. The first-order chi connectivity index (χ1) is 8.04. The van der Waals surface area contributed by atoms with Gasteiger partial charge in [0.1, 0.15) is 5.76 Å². The molecule has 0 spiro atoms. The summed E-state index contributed by atoms with van der Waals surface area (Å²) >= 11 is 0. The van der Waals surface area contributed by atoms with Gasteiger partial charge in [0.05, 0.1) is 24.5 Å². The van der Waals surface area contributed by atoms with Gasteiger partial charge < -0.3 is 8.94 Å². The van der Waals surface area contributed by atoms with Crippen LogP contribution in [0, 0.1) is 27.3 Å². The van der Waals surface area contributed by atoms with Crippen LogP contribution in [-0.2, 0) is 6.54 Å². The number of oxazole rings is 1. The van der Waals surface area contributed by atoms with E-state index in [-0.39, 0.29) is 5.88 Å². The van der Waals surface area contributed by atoms with E-state index in [1.165, 1.54) is 4.57 Å². The SMILES string of the molecule is [C-]#[N+]c1oc(=O)n(Cc2c(C)noc2C)c1C. The zero-order chi connectivity index (χ0) is 12.6. The minimum atomic E-state index is -0.534. The second-order valence-corrected chi connectivity index (χ2v) is 3.76. The van der Waals surface area contributed by atoms with Gasteiger partial charge in [-0.25, -0.2) is 4.79 Å². The summed E-state index contributed by atoms with van der Waals surface area (Å²) in [4.78, 5) is 14.7. The Morgan fingerprint density at radius 3 is 2.59 bits per heavy atom. The van der Waals surface area contributed by atoms with E-state index >= 15 is 0 Å². The Balaban J connectivity index is 2.48. The van der Waals surface area contributed by atoms with Gasteiger partial charge in [0.25, 0.3) is 0 Å². The average Bonchev–Trinajstić information content (AvgIpc) is 2.75. The van der Waals surface area contributed by atoms with Crippen molar-refractivity contribution in [3.63, 3.8) is 0 Å². The summed E-state index contributed by atoms with van der Waals surface area (Å²) in [6.07, 6.45) is 0. The summed E-state index contributed by atoms with van der Waals surface area (Å²) in [5.74, 6) is 0.162. The Kier molecular flexibility index (Phi) is 2.60. The summed E-state index contributed by atoms with van der Waals surface area (Å²) in [7, 11) is 0.